The number of hydrogen-bond donors (Lipinski definition) is 2. The van der Waals surface area contributed by atoms with Gasteiger partial charge >= 0.3 is 0 Å². The Kier molecular flexibility index (Phi) is 13.8. The van der Waals surface area contributed by atoms with Crippen LogP contribution in [0.2, 0.25) is 0 Å². The van der Waals surface area contributed by atoms with Gasteiger partial charge in [0.1, 0.15) is 0 Å². The first-order valence-corrected chi connectivity index (χ1v) is 6.41. The summed E-state index contributed by atoms with van der Waals surface area (Å²) in [5.74, 6) is 0. The topological polar surface area (TPSA) is 33.3 Å². The van der Waals surface area contributed by atoms with Crippen molar-refractivity contribution in [1.82, 2.24) is 10.6 Å². The van der Waals surface area contributed by atoms with Crippen LogP contribution >= 0.6 is 0 Å². The molecule has 0 saturated heterocycles. The minimum Gasteiger partial charge on any atom is -0.379 e. The molecule has 2 N–H and O–H groups in total. The predicted molar refractivity (Wildman–Crippen MR) is 66.4 cm³/mol. The van der Waals surface area contributed by atoms with Crippen LogP contribution in [0.5, 0.6) is 0 Å². The van der Waals surface area contributed by atoms with Crippen molar-refractivity contribution in [3.8, 4) is 0 Å². The maximum atomic E-state index is 5.47. The highest BCUT2D eigenvalue weighted by atomic mass is 16.5. The van der Waals surface area contributed by atoms with Crippen molar-refractivity contribution in [3.63, 3.8) is 0 Å². The van der Waals surface area contributed by atoms with Crippen molar-refractivity contribution in [2.75, 3.05) is 39.4 Å². The molecule has 0 aromatic rings. The van der Waals surface area contributed by atoms with E-state index in [0.29, 0.717) is 0 Å². The van der Waals surface area contributed by atoms with Crippen LogP contribution in [0.25, 0.3) is 0 Å². The lowest BCUT2D eigenvalue weighted by Crippen LogP contribution is -2.24. The van der Waals surface area contributed by atoms with Crippen LogP contribution in [0, 0.1) is 0 Å². The van der Waals surface area contributed by atoms with Crippen LogP contribution in [0.1, 0.15) is 39.5 Å². The van der Waals surface area contributed by atoms with Gasteiger partial charge in [0, 0.05) is 13.1 Å². The summed E-state index contributed by atoms with van der Waals surface area (Å²) in [6, 6.07) is 0. The molecular weight excluding hydrogens is 188 g/mol. The molecule has 0 saturated carbocycles. The number of nitrogens with one attached hydrogen (secondary N) is 2. The van der Waals surface area contributed by atoms with Gasteiger partial charge in [0.15, 0.2) is 0 Å². The third-order valence-corrected chi connectivity index (χ3v) is 2.26. The molecule has 0 aliphatic rings. The largest absolute Gasteiger partial charge is 0.379 e. The van der Waals surface area contributed by atoms with Crippen LogP contribution in [0.15, 0.2) is 0 Å². The normalized spacial score (nSPS) is 10.8. The van der Waals surface area contributed by atoms with Crippen molar-refractivity contribution in [2.24, 2.45) is 0 Å². The van der Waals surface area contributed by atoms with Crippen LogP contribution < -0.4 is 10.6 Å². The maximum absolute atomic E-state index is 5.47. The van der Waals surface area contributed by atoms with Crippen molar-refractivity contribution in [2.45, 2.75) is 39.5 Å². The molecule has 3 heteroatoms. The predicted octanol–water partition coefficient (Wildman–Crippen LogP) is 1.78. The molecule has 0 spiro atoms. The molecule has 0 unspecified atom stereocenters. The zero-order valence-electron chi connectivity index (χ0n) is 10.5. The van der Waals surface area contributed by atoms with E-state index in [1.807, 2.05) is 0 Å². The quantitative estimate of drug-likeness (QED) is 0.488. The maximum Gasteiger partial charge on any atom is 0.0591 e. The fraction of sp³-hybridized carbons (Fsp3) is 1.00. The summed E-state index contributed by atoms with van der Waals surface area (Å²) in [5, 5.41) is 6.70. The third kappa shape index (κ3) is 13.9. The van der Waals surface area contributed by atoms with Crippen molar-refractivity contribution >= 4 is 0 Å². The summed E-state index contributed by atoms with van der Waals surface area (Å²) < 4.78 is 5.47. The van der Waals surface area contributed by atoms with E-state index < -0.39 is 0 Å². The molecule has 3 nitrogen and oxygen atoms in total. The molecule has 0 heterocycles. The highest BCUT2D eigenvalue weighted by Gasteiger charge is 1.89. The van der Waals surface area contributed by atoms with E-state index in [1.54, 1.807) is 0 Å². The van der Waals surface area contributed by atoms with Crippen molar-refractivity contribution < 1.29 is 4.74 Å². The van der Waals surface area contributed by atoms with Crippen LogP contribution in [0.4, 0.5) is 0 Å². The molecule has 0 rings (SSSR count). The highest BCUT2D eigenvalue weighted by Crippen LogP contribution is 1.83. The molecule has 0 bridgehead atoms. The first-order chi connectivity index (χ1) is 7.41. The first-order valence-electron chi connectivity index (χ1n) is 6.41. The zero-order valence-corrected chi connectivity index (χ0v) is 10.5. The Morgan fingerprint density at radius 2 is 1.20 bits per heavy atom. The summed E-state index contributed by atoms with van der Waals surface area (Å²) in [7, 11) is 0. The Bertz CT molecular complexity index is 97.8. The average Bonchev–Trinajstić information content (AvgIpc) is 2.26. The summed E-state index contributed by atoms with van der Waals surface area (Å²) in [6.07, 6.45) is 5.04. The van der Waals surface area contributed by atoms with Crippen LogP contribution in [0.3, 0.4) is 0 Å². The lowest BCUT2D eigenvalue weighted by Gasteiger charge is -2.06. The Hall–Kier alpha value is -0.120. The number of hydrogen-bond acceptors (Lipinski definition) is 3. The summed E-state index contributed by atoms with van der Waals surface area (Å²) in [5.41, 5.74) is 0. The van der Waals surface area contributed by atoms with Gasteiger partial charge in [-0.05, 0) is 25.9 Å². The van der Waals surface area contributed by atoms with Gasteiger partial charge < -0.3 is 15.4 Å². The number of ether oxygens (including phenoxy) is 1. The molecular formula is C12H28N2O. The number of unbranched alkanes of at least 4 members (excludes halogenated alkanes) is 2. The van der Waals surface area contributed by atoms with Gasteiger partial charge in [-0.15, -0.1) is 0 Å². The van der Waals surface area contributed by atoms with Crippen molar-refractivity contribution in [3.05, 3.63) is 0 Å². The lowest BCUT2D eigenvalue weighted by molar-refractivity contribution is 0.137. The fourth-order valence-corrected chi connectivity index (χ4v) is 1.24. The van der Waals surface area contributed by atoms with Gasteiger partial charge in [-0.3, -0.25) is 0 Å². The molecule has 0 radical (unpaired) electrons. The molecule has 0 aromatic heterocycles. The molecule has 0 aromatic carbocycles. The second-order valence-corrected chi connectivity index (χ2v) is 3.82. The summed E-state index contributed by atoms with van der Waals surface area (Å²) in [6.45, 7) is 10.3. The van der Waals surface area contributed by atoms with Gasteiger partial charge in [-0.2, -0.15) is 0 Å². The van der Waals surface area contributed by atoms with E-state index >= 15 is 0 Å². The van der Waals surface area contributed by atoms with E-state index in [2.05, 4.69) is 24.5 Å². The molecule has 0 aliphatic heterocycles. The average molecular weight is 216 g/mol. The fourth-order valence-electron chi connectivity index (χ4n) is 1.24. The zero-order chi connectivity index (χ0) is 11.2. The van der Waals surface area contributed by atoms with Gasteiger partial charge in [0.2, 0.25) is 0 Å². The Morgan fingerprint density at radius 1 is 0.733 bits per heavy atom. The van der Waals surface area contributed by atoms with Gasteiger partial charge in [-0.25, -0.2) is 0 Å². The standard InChI is InChI=1S/C12H28N2O/c1-3-5-7-13-9-11-15-12-10-14-8-6-4-2/h13-14H,3-12H2,1-2H3. The second-order valence-electron chi connectivity index (χ2n) is 3.82. The van der Waals surface area contributed by atoms with E-state index in [9.17, 15) is 0 Å². The Labute approximate surface area is 95.0 Å². The lowest BCUT2D eigenvalue weighted by atomic mass is 10.3. The Balaban J connectivity index is 2.81. The third-order valence-electron chi connectivity index (χ3n) is 2.26. The number of rotatable bonds is 12. The first kappa shape index (κ1) is 14.9. The van der Waals surface area contributed by atoms with Gasteiger partial charge in [-0.1, -0.05) is 26.7 Å². The van der Waals surface area contributed by atoms with E-state index in [-0.39, 0.29) is 0 Å². The SMILES string of the molecule is CCCCNCCOCCNCCCC. The van der Waals surface area contributed by atoms with Gasteiger partial charge in [0.25, 0.3) is 0 Å². The van der Waals surface area contributed by atoms with Crippen LogP contribution in [-0.4, -0.2) is 39.4 Å². The molecule has 0 amide bonds. The van der Waals surface area contributed by atoms with E-state index in [4.69, 9.17) is 4.74 Å². The monoisotopic (exact) mass is 216 g/mol. The van der Waals surface area contributed by atoms with E-state index in [0.717, 1.165) is 39.4 Å². The molecule has 0 atom stereocenters. The summed E-state index contributed by atoms with van der Waals surface area (Å²) >= 11 is 0. The minimum absolute atomic E-state index is 0.833. The minimum atomic E-state index is 0.833. The molecule has 15 heavy (non-hydrogen) atoms. The molecule has 0 fully saturated rings. The Morgan fingerprint density at radius 3 is 1.60 bits per heavy atom. The van der Waals surface area contributed by atoms with Crippen molar-refractivity contribution in [1.29, 1.82) is 0 Å². The van der Waals surface area contributed by atoms with Gasteiger partial charge in [0.05, 0.1) is 13.2 Å². The smallest absolute Gasteiger partial charge is 0.0591 e. The summed E-state index contributed by atoms with van der Waals surface area (Å²) in [4.78, 5) is 0. The molecule has 0 aliphatic carbocycles. The van der Waals surface area contributed by atoms with E-state index in [1.165, 1.54) is 25.7 Å². The van der Waals surface area contributed by atoms with Crippen LogP contribution in [-0.2, 0) is 4.74 Å². The highest BCUT2D eigenvalue weighted by molar-refractivity contribution is 4.48. The molecule has 92 valence electrons. The second kappa shape index (κ2) is 13.9.